The predicted octanol–water partition coefficient (Wildman–Crippen LogP) is 0.922. The summed E-state index contributed by atoms with van der Waals surface area (Å²) in [5.41, 5.74) is 5.62. The lowest BCUT2D eigenvalue weighted by molar-refractivity contribution is -0.133. The van der Waals surface area contributed by atoms with Crippen LogP contribution in [0.2, 0.25) is 6.04 Å². The smallest absolute Gasteiger partial charge is 0.377 e. The number of rotatable bonds is 7. The van der Waals surface area contributed by atoms with Gasteiger partial charge in [0.1, 0.15) is 0 Å². The van der Waals surface area contributed by atoms with Crippen molar-refractivity contribution in [2.45, 2.75) is 39.3 Å². The summed E-state index contributed by atoms with van der Waals surface area (Å²) in [6.07, 6.45) is -0.774. The highest BCUT2D eigenvalue weighted by Crippen LogP contribution is 2.14. The molecule has 0 heterocycles. The van der Waals surface area contributed by atoms with Crippen molar-refractivity contribution in [3.63, 3.8) is 0 Å². The van der Waals surface area contributed by atoms with Gasteiger partial charge in [0.05, 0.1) is 6.10 Å². The van der Waals surface area contributed by atoms with E-state index in [-0.39, 0.29) is 6.10 Å². The van der Waals surface area contributed by atoms with Crippen LogP contribution in [0.15, 0.2) is 0 Å². The fourth-order valence-electron chi connectivity index (χ4n) is 1.02. The molecule has 0 bridgehead atoms. The molecule has 1 unspecified atom stereocenters. The Balaban J connectivity index is 4.15. The van der Waals surface area contributed by atoms with Crippen LogP contribution >= 0.6 is 0 Å². The van der Waals surface area contributed by atoms with Gasteiger partial charge in [-0.3, -0.25) is 5.73 Å². The zero-order chi connectivity index (χ0) is 11.2. The Kier molecular flexibility index (Phi) is 6.50. The Hall–Kier alpha value is 0.0169. The third kappa shape index (κ3) is 4.49. The van der Waals surface area contributed by atoms with Crippen molar-refractivity contribution in [2.24, 2.45) is 5.73 Å². The van der Waals surface area contributed by atoms with Gasteiger partial charge in [0.2, 0.25) is 6.41 Å². The lowest BCUT2D eigenvalue weighted by Gasteiger charge is -2.28. The Morgan fingerprint density at radius 3 is 2.00 bits per heavy atom. The first-order valence-corrected chi connectivity index (χ1v) is 6.62. The number of hydrogen-bond acceptors (Lipinski definition) is 5. The van der Waals surface area contributed by atoms with E-state index in [0.29, 0.717) is 6.04 Å². The molecule has 0 aromatic carbocycles. The highest BCUT2D eigenvalue weighted by atomic mass is 28.4. The summed E-state index contributed by atoms with van der Waals surface area (Å²) >= 11 is 0. The van der Waals surface area contributed by atoms with E-state index in [2.05, 4.69) is 0 Å². The molecule has 5 nitrogen and oxygen atoms in total. The normalized spacial score (nSPS) is 14.8. The highest BCUT2D eigenvalue weighted by Gasteiger charge is 2.39. The van der Waals surface area contributed by atoms with E-state index < -0.39 is 15.2 Å². The van der Waals surface area contributed by atoms with E-state index in [9.17, 15) is 0 Å². The molecule has 0 aromatic rings. The summed E-state index contributed by atoms with van der Waals surface area (Å²) in [6, 6.07) is 0.662. The third-order valence-electron chi connectivity index (χ3n) is 1.76. The lowest BCUT2D eigenvalue weighted by atomic mass is 10.5. The molecule has 0 aliphatic rings. The first-order valence-electron chi connectivity index (χ1n) is 4.68. The molecule has 0 saturated heterocycles. The zero-order valence-electron chi connectivity index (χ0n) is 9.57. The van der Waals surface area contributed by atoms with Crippen molar-refractivity contribution in [3.8, 4) is 0 Å². The highest BCUT2D eigenvalue weighted by molar-refractivity contribution is 6.60. The van der Waals surface area contributed by atoms with Gasteiger partial charge in [-0.05, 0) is 13.8 Å². The SMILES string of the molecule is CC[Si](OC)(OC)OC(N)OC(C)C. The minimum Gasteiger partial charge on any atom is -0.377 e. The van der Waals surface area contributed by atoms with Gasteiger partial charge >= 0.3 is 8.80 Å². The van der Waals surface area contributed by atoms with Crippen LogP contribution in [-0.4, -0.2) is 35.5 Å². The number of ether oxygens (including phenoxy) is 1. The largest absolute Gasteiger partial charge is 0.503 e. The maximum absolute atomic E-state index is 5.62. The van der Waals surface area contributed by atoms with E-state index in [1.807, 2.05) is 20.8 Å². The van der Waals surface area contributed by atoms with E-state index in [4.69, 9.17) is 23.7 Å². The Bertz CT molecular complexity index is 144. The maximum Gasteiger partial charge on any atom is 0.503 e. The van der Waals surface area contributed by atoms with E-state index >= 15 is 0 Å². The van der Waals surface area contributed by atoms with Crippen molar-refractivity contribution in [3.05, 3.63) is 0 Å². The molecular formula is C8H21NO4Si. The van der Waals surface area contributed by atoms with Crippen molar-refractivity contribution in [1.29, 1.82) is 0 Å². The van der Waals surface area contributed by atoms with Gasteiger partial charge in [-0.2, -0.15) is 0 Å². The van der Waals surface area contributed by atoms with Crippen LogP contribution in [0.4, 0.5) is 0 Å². The summed E-state index contributed by atoms with van der Waals surface area (Å²) < 4.78 is 21.1. The van der Waals surface area contributed by atoms with Crippen LogP contribution in [0.25, 0.3) is 0 Å². The quantitative estimate of drug-likeness (QED) is 0.513. The topological polar surface area (TPSA) is 62.9 Å². The molecular weight excluding hydrogens is 202 g/mol. The first kappa shape index (κ1) is 14.0. The van der Waals surface area contributed by atoms with Crippen molar-refractivity contribution >= 4 is 8.80 Å². The number of hydrogen-bond donors (Lipinski definition) is 1. The second-order valence-electron chi connectivity index (χ2n) is 3.12. The molecule has 14 heavy (non-hydrogen) atoms. The standard InChI is InChI=1S/C8H21NO4Si/c1-6-14(10-4,11-5)13-8(9)12-7(2)3/h7-8H,6,9H2,1-5H3. The molecule has 0 spiro atoms. The molecule has 0 radical (unpaired) electrons. The molecule has 0 aliphatic carbocycles. The van der Waals surface area contributed by atoms with Crippen LogP contribution in [0.5, 0.6) is 0 Å². The Morgan fingerprint density at radius 2 is 1.71 bits per heavy atom. The van der Waals surface area contributed by atoms with E-state index in [0.717, 1.165) is 0 Å². The number of nitrogens with two attached hydrogens (primary N) is 1. The van der Waals surface area contributed by atoms with Gasteiger partial charge in [0, 0.05) is 20.3 Å². The minimum atomic E-state index is -2.60. The maximum atomic E-state index is 5.62. The summed E-state index contributed by atoms with van der Waals surface area (Å²) in [6.45, 7) is 5.71. The average Bonchev–Trinajstić information content (AvgIpc) is 2.13. The molecule has 0 amide bonds. The summed E-state index contributed by atoms with van der Waals surface area (Å²) in [5, 5.41) is 0. The second-order valence-corrected chi connectivity index (χ2v) is 6.24. The van der Waals surface area contributed by atoms with Crippen LogP contribution in [0.3, 0.4) is 0 Å². The summed E-state index contributed by atoms with van der Waals surface area (Å²) in [7, 11) is 0.516. The fraction of sp³-hybridized carbons (Fsp3) is 1.00. The summed E-state index contributed by atoms with van der Waals surface area (Å²) in [5.74, 6) is 0. The molecule has 2 N–H and O–H groups in total. The monoisotopic (exact) mass is 223 g/mol. The van der Waals surface area contributed by atoms with Gasteiger partial charge in [0.25, 0.3) is 0 Å². The van der Waals surface area contributed by atoms with Crippen LogP contribution in [-0.2, 0) is 18.0 Å². The molecule has 0 saturated carbocycles. The first-order chi connectivity index (χ1) is 6.49. The lowest BCUT2D eigenvalue weighted by Crippen LogP contribution is -2.49. The van der Waals surface area contributed by atoms with Crippen LogP contribution in [0.1, 0.15) is 20.8 Å². The molecule has 0 rings (SSSR count). The molecule has 6 heteroatoms. The predicted molar refractivity (Wildman–Crippen MR) is 55.5 cm³/mol. The van der Waals surface area contributed by atoms with Crippen molar-refractivity contribution in [1.82, 2.24) is 0 Å². The fourth-order valence-corrected chi connectivity index (χ4v) is 2.54. The van der Waals surface area contributed by atoms with Gasteiger partial charge in [-0.1, -0.05) is 6.92 Å². The molecule has 0 aliphatic heterocycles. The van der Waals surface area contributed by atoms with E-state index in [1.54, 1.807) is 14.2 Å². The van der Waals surface area contributed by atoms with Crippen molar-refractivity contribution < 1.29 is 18.0 Å². The molecule has 0 aromatic heterocycles. The Labute approximate surface area is 86.8 Å². The second kappa shape index (κ2) is 6.49. The molecule has 86 valence electrons. The third-order valence-corrected chi connectivity index (χ3v) is 4.46. The van der Waals surface area contributed by atoms with Crippen LogP contribution < -0.4 is 5.73 Å². The average molecular weight is 223 g/mol. The molecule has 0 fully saturated rings. The molecule has 1 atom stereocenters. The van der Waals surface area contributed by atoms with Gasteiger partial charge < -0.3 is 18.0 Å². The van der Waals surface area contributed by atoms with Gasteiger partial charge in [0.15, 0.2) is 0 Å². The van der Waals surface area contributed by atoms with Crippen molar-refractivity contribution in [2.75, 3.05) is 14.2 Å². The van der Waals surface area contributed by atoms with Crippen LogP contribution in [0, 0.1) is 0 Å². The summed E-state index contributed by atoms with van der Waals surface area (Å²) in [4.78, 5) is 0. The van der Waals surface area contributed by atoms with E-state index in [1.165, 1.54) is 0 Å². The Morgan fingerprint density at radius 1 is 1.21 bits per heavy atom. The van der Waals surface area contributed by atoms with Gasteiger partial charge in [-0.15, -0.1) is 0 Å². The zero-order valence-corrected chi connectivity index (χ0v) is 10.6. The van der Waals surface area contributed by atoms with Gasteiger partial charge in [-0.25, -0.2) is 0 Å². The minimum absolute atomic E-state index is 0.0160.